The third-order valence-electron chi connectivity index (χ3n) is 10.1. The predicted molar refractivity (Wildman–Crippen MR) is 149 cm³/mol. The first-order valence-corrected chi connectivity index (χ1v) is 15.1. The lowest BCUT2D eigenvalue weighted by atomic mass is 9.63. The number of carboxylic acid groups (broad SMARTS) is 1. The first-order valence-electron chi connectivity index (χ1n) is 15.1. The summed E-state index contributed by atoms with van der Waals surface area (Å²) in [5.41, 5.74) is -1.69. The van der Waals surface area contributed by atoms with Crippen molar-refractivity contribution in [1.82, 2.24) is 15.5 Å². The molecule has 2 heterocycles. The number of carboxylic acids is 1. The highest BCUT2D eigenvalue weighted by Crippen LogP contribution is 2.46. The molecule has 2 aliphatic heterocycles. The van der Waals surface area contributed by atoms with Crippen molar-refractivity contribution >= 4 is 17.8 Å². The van der Waals surface area contributed by atoms with E-state index in [0.29, 0.717) is 11.8 Å². The van der Waals surface area contributed by atoms with Crippen molar-refractivity contribution < 1.29 is 24.2 Å². The number of piperidine rings is 2. The fourth-order valence-electron chi connectivity index (χ4n) is 7.53. The molecule has 218 valence electrons. The molecule has 8 nitrogen and oxygen atoms in total. The Morgan fingerprint density at radius 1 is 0.842 bits per heavy atom. The van der Waals surface area contributed by atoms with Gasteiger partial charge >= 0.3 is 11.9 Å². The highest BCUT2D eigenvalue weighted by molar-refractivity contribution is 5.90. The number of rotatable bonds is 6. The van der Waals surface area contributed by atoms with E-state index in [1.807, 2.05) is 0 Å². The van der Waals surface area contributed by atoms with Crippen molar-refractivity contribution in [3.63, 3.8) is 0 Å². The number of nitrogens with one attached hydrogen (secondary N) is 2. The number of hydrogen-bond donors (Lipinski definition) is 3. The van der Waals surface area contributed by atoms with Gasteiger partial charge in [0.1, 0.15) is 5.54 Å². The van der Waals surface area contributed by atoms with Gasteiger partial charge in [-0.2, -0.15) is 0 Å². The molecule has 4 fully saturated rings. The van der Waals surface area contributed by atoms with Crippen LogP contribution in [-0.2, 0) is 19.1 Å². The van der Waals surface area contributed by atoms with E-state index >= 15 is 0 Å². The average Bonchev–Trinajstić information content (AvgIpc) is 2.94. The smallest absolute Gasteiger partial charge is 0.330 e. The Balaban J connectivity index is 0.000000221. The van der Waals surface area contributed by atoms with Gasteiger partial charge in [-0.25, -0.2) is 4.79 Å². The molecular formula is C30H53N3O5. The van der Waals surface area contributed by atoms with Crippen molar-refractivity contribution in [3.05, 3.63) is 0 Å². The van der Waals surface area contributed by atoms with Crippen LogP contribution in [0.5, 0.6) is 0 Å². The van der Waals surface area contributed by atoms with E-state index in [1.165, 1.54) is 45.6 Å². The summed E-state index contributed by atoms with van der Waals surface area (Å²) in [4.78, 5) is 38.9. The Labute approximate surface area is 230 Å². The van der Waals surface area contributed by atoms with E-state index in [2.05, 4.69) is 22.6 Å². The zero-order chi connectivity index (χ0) is 27.8. The first kappa shape index (κ1) is 30.9. The third-order valence-corrected chi connectivity index (χ3v) is 10.1. The maximum absolute atomic E-state index is 13.1. The molecule has 38 heavy (non-hydrogen) atoms. The molecule has 0 bridgehead atoms. The van der Waals surface area contributed by atoms with Gasteiger partial charge in [-0.1, -0.05) is 38.5 Å². The lowest BCUT2D eigenvalue weighted by molar-refractivity contribution is -0.157. The van der Waals surface area contributed by atoms with Gasteiger partial charge in [-0.3, -0.25) is 9.59 Å². The van der Waals surface area contributed by atoms with Crippen LogP contribution in [0, 0.1) is 22.7 Å². The van der Waals surface area contributed by atoms with Gasteiger partial charge in [0.15, 0.2) is 0 Å². The van der Waals surface area contributed by atoms with Crippen LogP contribution in [0.25, 0.3) is 0 Å². The maximum Gasteiger partial charge on any atom is 0.330 e. The Bertz CT molecular complexity index is 788. The molecule has 4 aliphatic rings. The van der Waals surface area contributed by atoms with Gasteiger partial charge in [-0.15, -0.1) is 0 Å². The summed E-state index contributed by atoms with van der Waals surface area (Å²) < 4.78 is 4.82. The molecule has 8 heteroatoms. The number of carbonyl (C=O) groups excluding carboxylic acids is 2. The molecule has 0 aromatic heterocycles. The number of likely N-dealkylation sites (tertiary alicyclic amines) is 1. The maximum atomic E-state index is 13.1. The lowest BCUT2D eigenvalue weighted by Crippen LogP contribution is -2.59. The monoisotopic (exact) mass is 535 g/mol. The van der Waals surface area contributed by atoms with Crippen LogP contribution >= 0.6 is 0 Å². The topological polar surface area (TPSA) is 108 Å². The van der Waals surface area contributed by atoms with E-state index in [1.54, 1.807) is 13.8 Å². The molecule has 2 saturated heterocycles. The number of hydrogen-bond acceptors (Lipinski definition) is 6. The highest BCUT2D eigenvalue weighted by Gasteiger charge is 2.49. The van der Waals surface area contributed by atoms with Crippen molar-refractivity contribution in [3.8, 4) is 0 Å². The van der Waals surface area contributed by atoms with Crippen LogP contribution in [0.15, 0.2) is 0 Å². The van der Waals surface area contributed by atoms with E-state index in [-0.39, 0.29) is 11.3 Å². The number of methoxy groups -OCH3 is 1. The summed E-state index contributed by atoms with van der Waals surface area (Å²) in [5, 5.41) is 15.9. The molecule has 0 aromatic rings. The van der Waals surface area contributed by atoms with Gasteiger partial charge in [0, 0.05) is 0 Å². The minimum atomic E-state index is -0.974. The van der Waals surface area contributed by atoms with E-state index in [9.17, 15) is 19.5 Å². The summed E-state index contributed by atoms with van der Waals surface area (Å²) in [6, 6.07) is 0. The zero-order valence-corrected chi connectivity index (χ0v) is 24.4. The van der Waals surface area contributed by atoms with Crippen molar-refractivity contribution in [1.29, 1.82) is 0 Å². The molecule has 0 radical (unpaired) electrons. The van der Waals surface area contributed by atoms with Gasteiger partial charge < -0.3 is 25.4 Å². The number of aliphatic carboxylic acids is 1. The van der Waals surface area contributed by atoms with E-state index in [4.69, 9.17) is 4.74 Å². The SMILES string of the molecule is CN1CCC(C(=O)O)(C2CCCCC2)CC1.COC(=O)C(C)(C)NC(=O)C1(C2CCCCC2)CCNCC1. The minimum absolute atomic E-state index is 0.0382. The summed E-state index contributed by atoms with van der Waals surface area (Å²) in [7, 11) is 3.45. The van der Waals surface area contributed by atoms with Gasteiger partial charge in [0.25, 0.3) is 0 Å². The molecule has 3 N–H and O–H groups in total. The standard InChI is InChI=1S/C17H30N2O3.C13H23NO2/c1-16(2,15(21)22-3)19-14(20)17(9-11-18-12-10-17)13-7-5-4-6-8-13;1-14-9-7-13(8-10-14,12(15)16)11-5-3-2-4-6-11/h13,18H,4-12H2,1-3H3,(H,19,20);11H,2-10H2,1H3,(H,15,16). The number of ether oxygens (including phenoxy) is 1. The average molecular weight is 536 g/mol. The quantitative estimate of drug-likeness (QED) is 0.434. The Morgan fingerprint density at radius 3 is 1.76 bits per heavy atom. The largest absolute Gasteiger partial charge is 0.481 e. The number of amides is 1. The van der Waals surface area contributed by atoms with Crippen molar-refractivity contribution in [2.75, 3.05) is 40.3 Å². The van der Waals surface area contributed by atoms with Crippen LogP contribution in [0.3, 0.4) is 0 Å². The Morgan fingerprint density at radius 2 is 1.32 bits per heavy atom. The second-order valence-corrected chi connectivity index (χ2v) is 12.9. The summed E-state index contributed by atoms with van der Waals surface area (Å²) in [6.07, 6.45) is 15.4. The summed E-state index contributed by atoms with van der Waals surface area (Å²) in [5.74, 6) is -0.0124. The van der Waals surface area contributed by atoms with Crippen LogP contribution in [0.1, 0.15) is 104 Å². The molecule has 0 aromatic carbocycles. The summed E-state index contributed by atoms with van der Waals surface area (Å²) in [6.45, 7) is 7.08. The molecule has 1 amide bonds. The number of carbonyl (C=O) groups is 3. The normalized spacial score (nSPS) is 24.9. The van der Waals surface area contributed by atoms with Crippen molar-refractivity contribution in [2.45, 2.75) is 109 Å². The lowest BCUT2D eigenvalue weighted by Gasteiger charge is -2.45. The molecule has 4 rings (SSSR count). The fourth-order valence-corrected chi connectivity index (χ4v) is 7.53. The van der Waals surface area contributed by atoms with E-state index < -0.39 is 22.9 Å². The number of esters is 1. The van der Waals surface area contributed by atoms with E-state index in [0.717, 1.165) is 77.5 Å². The molecule has 2 aliphatic carbocycles. The molecular weight excluding hydrogens is 482 g/mol. The third kappa shape index (κ3) is 7.09. The summed E-state index contributed by atoms with van der Waals surface area (Å²) >= 11 is 0. The first-order chi connectivity index (χ1) is 18.1. The Hall–Kier alpha value is -1.67. The van der Waals surface area contributed by atoms with Gasteiger partial charge in [0.2, 0.25) is 5.91 Å². The second kappa shape index (κ2) is 13.6. The molecule has 2 saturated carbocycles. The van der Waals surface area contributed by atoms with Crippen LogP contribution < -0.4 is 10.6 Å². The fraction of sp³-hybridized carbons (Fsp3) is 0.900. The molecule has 0 spiro atoms. The Kier molecular flexibility index (Phi) is 11.0. The van der Waals surface area contributed by atoms with Crippen molar-refractivity contribution in [2.24, 2.45) is 22.7 Å². The van der Waals surface area contributed by atoms with Gasteiger partial charge in [0.05, 0.1) is 17.9 Å². The zero-order valence-electron chi connectivity index (χ0n) is 24.4. The minimum Gasteiger partial charge on any atom is -0.481 e. The second-order valence-electron chi connectivity index (χ2n) is 12.9. The molecule has 0 atom stereocenters. The number of nitrogens with zero attached hydrogens (tertiary/aromatic N) is 1. The molecule has 0 unspecified atom stereocenters. The van der Waals surface area contributed by atoms with Crippen LogP contribution in [0.4, 0.5) is 0 Å². The predicted octanol–water partition coefficient (Wildman–Crippen LogP) is 4.37. The van der Waals surface area contributed by atoms with Gasteiger partial charge in [-0.05, 0) is 110 Å². The highest BCUT2D eigenvalue weighted by atomic mass is 16.5. The van der Waals surface area contributed by atoms with Crippen LogP contribution in [0.2, 0.25) is 0 Å². The van der Waals surface area contributed by atoms with Crippen LogP contribution in [-0.4, -0.2) is 73.7 Å².